The number of amides is 1. The molecule has 19 heavy (non-hydrogen) atoms. The third-order valence-corrected chi connectivity index (χ3v) is 4.12. The molecule has 1 aromatic rings. The first-order chi connectivity index (χ1) is 9.01. The van der Waals surface area contributed by atoms with Crippen LogP contribution in [0.4, 0.5) is 0 Å². The van der Waals surface area contributed by atoms with E-state index in [-0.39, 0.29) is 11.9 Å². The molecule has 1 amide bonds. The Morgan fingerprint density at radius 2 is 1.79 bits per heavy atom. The average molecular weight is 260 g/mol. The van der Waals surface area contributed by atoms with Crippen LogP contribution in [-0.4, -0.2) is 11.4 Å². The fourth-order valence-corrected chi connectivity index (χ4v) is 2.69. The minimum atomic E-state index is -0.656. The largest absolute Gasteiger partial charge is 0.348 e. The number of hydrogen-bond donors (Lipinski definition) is 2. The highest BCUT2D eigenvalue weighted by molar-refractivity contribution is 5.86. The Morgan fingerprint density at radius 3 is 2.37 bits per heavy atom. The van der Waals surface area contributed by atoms with Gasteiger partial charge in [-0.2, -0.15) is 0 Å². The summed E-state index contributed by atoms with van der Waals surface area (Å²) in [5.41, 5.74) is 7.94. The summed E-state index contributed by atoms with van der Waals surface area (Å²) >= 11 is 0. The second-order valence-corrected chi connectivity index (χ2v) is 5.82. The molecule has 0 spiro atoms. The lowest BCUT2D eigenvalue weighted by atomic mass is 9.81. The highest BCUT2D eigenvalue weighted by Gasteiger charge is 2.35. The molecule has 3 N–H and O–H groups in total. The maximum absolute atomic E-state index is 12.3. The van der Waals surface area contributed by atoms with Gasteiger partial charge in [0.25, 0.3) is 0 Å². The van der Waals surface area contributed by atoms with Crippen LogP contribution in [0.15, 0.2) is 24.3 Å². The first-order valence-corrected chi connectivity index (χ1v) is 7.18. The lowest BCUT2D eigenvalue weighted by Gasteiger charge is -2.33. The van der Waals surface area contributed by atoms with E-state index in [0.29, 0.717) is 0 Å². The van der Waals surface area contributed by atoms with Gasteiger partial charge in [-0.05, 0) is 32.3 Å². The summed E-state index contributed by atoms with van der Waals surface area (Å²) in [6.07, 6.45) is 4.92. The van der Waals surface area contributed by atoms with Crippen LogP contribution in [0, 0.1) is 6.92 Å². The minimum absolute atomic E-state index is 0.000255. The Labute approximate surface area is 115 Å². The smallest absolute Gasteiger partial charge is 0.240 e. The number of carbonyl (C=O) groups is 1. The lowest BCUT2D eigenvalue weighted by molar-refractivity contribution is -0.128. The van der Waals surface area contributed by atoms with E-state index in [2.05, 4.69) is 36.5 Å². The van der Waals surface area contributed by atoms with Gasteiger partial charge in [-0.3, -0.25) is 4.79 Å². The van der Waals surface area contributed by atoms with Crippen molar-refractivity contribution in [2.24, 2.45) is 5.73 Å². The molecule has 1 fully saturated rings. The number of hydrogen-bond acceptors (Lipinski definition) is 2. The van der Waals surface area contributed by atoms with Crippen molar-refractivity contribution in [1.82, 2.24) is 5.32 Å². The number of nitrogens with two attached hydrogens (primary N) is 1. The van der Waals surface area contributed by atoms with E-state index in [1.165, 1.54) is 12.0 Å². The summed E-state index contributed by atoms with van der Waals surface area (Å²) in [5.74, 6) is 0.000255. The second-order valence-electron chi connectivity index (χ2n) is 5.82. The molecule has 1 aliphatic rings. The van der Waals surface area contributed by atoms with E-state index in [1.54, 1.807) is 0 Å². The van der Waals surface area contributed by atoms with Gasteiger partial charge in [-0.25, -0.2) is 0 Å². The quantitative estimate of drug-likeness (QED) is 0.878. The van der Waals surface area contributed by atoms with E-state index < -0.39 is 5.54 Å². The Morgan fingerprint density at radius 1 is 1.21 bits per heavy atom. The van der Waals surface area contributed by atoms with Gasteiger partial charge in [-0.15, -0.1) is 0 Å². The van der Waals surface area contributed by atoms with Gasteiger partial charge < -0.3 is 11.1 Å². The van der Waals surface area contributed by atoms with Crippen molar-refractivity contribution in [3.63, 3.8) is 0 Å². The standard InChI is InChI=1S/C16H24N2O/c1-12-6-8-14(9-7-12)13(2)18-15(19)16(17)10-4-3-5-11-16/h6-9,13H,3-5,10-11,17H2,1-2H3,(H,18,19)/t13-/m1/s1. The molecular formula is C16H24N2O. The van der Waals surface area contributed by atoms with Gasteiger partial charge in [0.2, 0.25) is 5.91 Å². The zero-order valence-corrected chi connectivity index (χ0v) is 11.9. The van der Waals surface area contributed by atoms with Crippen LogP contribution in [0.2, 0.25) is 0 Å². The SMILES string of the molecule is Cc1ccc([C@@H](C)NC(=O)C2(N)CCCCC2)cc1. The van der Waals surface area contributed by atoms with Crippen LogP contribution in [0.1, 0.15) is 56.2 Å². The maximum Gasteiger partial charge on any atom is 0.240 e. The van der Waals surface area contributed by atoms with Gasteiger partial charge in [0.05, 0.1) is 11.6 Å². The molecule has 0 bridgehead atoms. The lowest BCUT2D eigenvalue weighted by Crippen LogP contribution is -2.55. The molecule has 1 aromatic carbocycles. The Bertz CT molecular complexity index is 433. The van der Waals surface area contributed by atoms with Gasteiger partial charge in [0.15, 0.2) is 0 Å². The fourth-order valence-electron chi connectivity index (χ4n) is 2.69. The monoisotopic (exact) mass is 260 g/mol. The summed E-state index contributed by atoms with van der Waals surface area (Å²) in [4.78, 5) is 12.3. The fraction of sp³-hybridized carbons (Fsp3) is 0.562. The first kappa shape index (κ1) is 14.1. The first-order valence-electron chi connectivity index (χ1n) is 7.18. The van der Waals surface area contributed by atoms with E-state index in [9.17, 15) is 4.79 Å². The Balaban J connectivity index is 2.00. The molecule has 104 valence electrons. The van der Waals surface area contributed by atoms with Crippen LogP contribution >= 0.6 is 0 Å². The predicted molar refractivity (Wildman–Crippen MR) is 77.7 cm³/mol. The number of aryl methyl sites for hydroxylation is 1. The van der Waals surface area contributed by atoms with Gasteiger partial charge in [0, 0.05) is 0 Å². The van der Waals surface area contributed by atoms with Crippen molar-refractivity contribution in [3.05, 3.63) is 35.4 Å². The molecule has 0 aliphatic heterocycles. The zero-order valence-electron chi connectivity index (χ0n) is 11.9. The molecule has 1 saturated carbocycles. The average Bonchev–Trinajstić information content (AvgIpc) is 2.40. The van der Waals surface area contributed by atoms with E-state index >= 15 is 0 Å². The highest BCUT2D eigenvalue weighted by Crippen LogP contribution is 2.27. The van der Waals surface area contributed by atoms with Crippen LogP contribution in [0.3, 0.4) is 0 Å². The normalized spacial score (nSPS) is 19.7. The molecule has 0 radical (unpaired) electrons. The molecule has 0 heterocycles. The van der Waals surface area contributed by atoms with Gasteiger partial charge >= 0.3 is 0 Å². The minimum Gasteiger partial charge on any atom is -0.348 e. The van der Waals surface area contributed by atoms with Crippen LogP contribution in [0.5, 0.6) is 0 Å². The van der Waals surface area contributed by atoms with E-state index in [0.717, 1.165) is 31.2 Å². The van der Waals surface area contributed by atoms with Crippen molar-refractivity contribution in [3.8, 4) is 0 Å². The Kier molecular flexibility index (Phi) is 4.25. The molecular weight excluding hydrogens is 236 g/mol. The zero-order chi connectivity index (χ0) is 13.9. The molecule has 0 aromatic heterocycles. The summed E-state index contributed by atoms with van der Waals surface area (Å²) in [6.45, 7) is 4.07. The molecule has 0 unspecified atom stereocenters. The van der Waals surface area contributed by atoms with Crippen molar-refractivity contribution >= 4 is 5.91 Å². The third kappa shape index (κ3) is 3.35. The number of rotatable bonds is 3. The maximum atomic E-state index is 12.3. The third-order valence-electron chi connectivity index (χ3n) is 4.12. The molecule has 1 atom stereocenters. The summed E-state index contributed by atoms with van der Waals surface area (Å²) in [6, 6.07) is 8.26. The van der Waals surface area contributed by atoms with Crippen molar-refractivity contribution in [1.29, 1.82) is 0 Å². The molecule has 2 rings (SSSR count). The molecule has 3 nitrogen and oxygen atoms in total. The van der Waals surface area contributed by atoms with Crippen LogP contribution in [-0.2, 0) is 4.79 Å². The van der Waals surface area contributed by atoms with Gasteiger partial charge in [-0.1, -0.05) is 49.1 Å². The summed E-state index contributed by atoms with van der Waals surface area (Å²) in [5, 5.41) is 3.06. The van der Waals surface area contributed by atoms with Gasteiger partial charge in [0.1, 0.15) is 0 Å². The van der Waals surface area contributed by atoms with E-state index in [1.807, 2.05) is 6.92 Å². The van der Waals surface area contributed by atoms with Crippen LogP contribution < -0.4 is 11.1 Å². The predicted octanol–water partition coefficient (Wildman–Crippen LogP) is 2.83. The summed E-state index contributed by atoms with van der Waals surface area (Å²) < 4.78 is 0. The number of benzene rings is 1. The van der Waals surface area contributed by atoms with Crippen molar-refractivity contribution in [2.45, 2.75) is 57.5 Å². The van der Waals surface area contributed by atoms with Crippen molar-refractivity contribution < 1.29 is 4.79 Å². The van der Waals surface area contributed by atoms with E-state index in [4.69, 9.17) is 5.73 Å². The number of carbonyl (C=O) groups excluding carboxylic acids is 1. The highest BCUT2D eigenvalue weighted by atomic mass is 16.2. The second kappa shape index (κ2) is 5.74. The van der Waals surface area contributed by atoms with Crippen LogP contribution in [0.25, 0.3) is 0 Å². The summed E-state index contributed by atoms with van der Waals surface area (Å²) in [7, 11) is 0. The molecule has 1 aliphatic carbocycles. The topological polar surface area (TPSA) is 55.1 Å². The Hall–Kier alpha value is -1.35. The molecule has 3 heteroatoms. The van der Waals surface area contributed by atoms with Crippen molar-refractivity contribution in [2.75, 3.05) is 0 Å². The number of nitrogens with one attached hydrogen (secondary N) is 1. The molecule has 0 saturated heterocycles.